The Morgan fingerprint density at radius 2 is 1.83 bits per heavy atom. The van der Waals surface area contributed by atoms with Gasteiger partial charge in [-0.1, -0.05) is 12.1 Å². The zero-order valence-corrected chi connectivity index (χ0v) is 18.6. The maximum Gasteiger partial charge on any atom is 0.355 e. The van der Waals surface area contributed by atoms with Gasteiger partial charge >= 0.3 is 11.9 Å². The minimum Gasteiger partial charge on any atom is -0.461 e. The largest absolute Gasteiger partial charge is 0.461 e. The molecule has 11 heteroatoms. The number of amides is 1. The molecule has 29 heavy (non-hydrogen) atoms. The fourth-order valence-corrected chi connectivity index (χ4v) is 5.52. The number of esters is 2. The number of β-lactam (4-membered cyclic amide) rings is 1. The van der Waals surface area contributed by atoms with Crippen LogP contribution in [-0.4, -0.2) is 62.1 Å². The Labute approximate surface area is 181 Å². The number of fused-ring (bicyclic) bond motifs is 1. The first-order chi connectivity index (χ1) is 13.7. The Morgan fingerprint density at radius 1 is 1.17 bits per heavy atom. The number of methoxy groups -OCH3 is 1. The Balaban J connectivity index is 1.90. The van der Waals surface area contributed by atoms with Crippen LogP contribution in [-0.2, 0) is 45.0 Å². The van der Waals surface area contributed by atoms with Gasteiger partial charge in [-0.15, -0.1) is 0 Å². The molecule has 2 atom stereocenters. The van der Waals surface area contributed by atoms with Crippen LogP contribution in [0.1, 0.15) is 12.5 Å². The lowest BCUT2D eigenvalue weighted by molar-refractivity contribution is -0.164. The van der Waals surface area contributed by atoms with Crippen molar-refractivity contribution in [2.45, 2.75) is 25.0 Å². The SMILES string of the molecule is CO[C@H]1C(=O)N2C(C(=O)OCc3ccc(I)cc3)=C(COC(C)=O)CS(=O)(=O)[C@H]12. The molecule has 9 nitrogen and oxygen atoms in total. The summed E-state index contributed by atoms with van der Waals surface area (Å²) >= 11 is 2.14. The van der Waals surface area contributed by atoms with Crippen LogP contribution >= 0.6 is 22.6 Å². The molecule has 1 amide bonds. The predicted octanol–water partition coefficient (Wildman–Crippen LogP) is 0.763. The summed E-state index contributed by atoms with van der Waals surface area (Å²) in [6.45, 7) is 0.662. The summed E-state index contributed by atoms with van der Waals surface area (Å²) in [5.41, 5.74) is 0.507. The van der Waals surface area contributed by atoms with E-state index in [-0.39, 0.29) is 17.9 Å². The van der Waals surface area contributed by atoms with Crippen LogP contribution in [0.4, 0.5) is 0 Å². The average Bonchev–Trinajstić information content (AvgIpc) is 2.65. The van der Waals surface area contributed by atoms with Gasteiger partial charge in [0.2, 0.25) is 0 Å². The number of carbonyl (C=O) groups is 3. The van der Waals surface area contributed by atoms with Crippen molar-refractivity contribution in [2.24, 2.45) is 0 Å². The van der Waals surface area contributed by atoms with Crippen LogP contribution < -0.4 is 0 Å². The molecule has 0 aliphatic carbocycles. The Hall–Kier alpha value is -1.99. The minimum absolute atomic E-state index is 0.00744. The highest BCUT2D eigenvalue weighted by atomic mass is 127. The molecule has 0 aromatic heterocycles. The standard InChI is InChI=1S/C18H18INO8S/c1-10(21)27-8-12-9-29(24,25)17-15(26-2)16(22)20(17)14(12)18(23)28-7-11-3-5-13(19)6-4-11/h3-6,15,17H,7-9H2,1-2H3/t15-,17+/m0/s1. The van der Waals surface area contributed by atoms with Crippen molar-refractivity contribution < 1.29 is 37.0 Å². The number of ether oxygens (including phenoxy) is 3. The van der Waals surface area contributed by atoms with Gasteiger partial charge in [0.25, 0.3) is 5.91 Å². The zero-order chi connectivity index (χ0) is 21.3. The molecule has 1 saturated heterocycles. The van der Waals surface area contributed by atoms with E-state index in [1.54, 1.807) is 12.1 Å². The van der Waals surface area contributed by atoms with Gasteiger partial charge in [-0.2, -0.15) is 0 Å². The van der Waals surface area contributed by atoms with Crippen LogP contribution in [0.2, 0.25) is 0 Å². The molecular formula is C18H18INO8S. The summed E-state index contributed by atoms with van der Waals surface area (Å²) in [6, 6.07) is 7.27. The third kappa shape index (κ3) is 4.31. The smallest absolute Gasteiger partial charge is 0.355 e. The van der Waals surface area contributed by atoms with E-state index >= 15 is 0 Å². The number of hydrogen-bond donors (Lipinski definition) is 0. The molecule has 2 aliphatic rings. The van der Waals surface area contributed by atoms with Crippen LogP contribution in [0.3, 0.4) is 0 Å². The van der Waals surface area contributed by atoms with E-state index in [0.29, 0.717) is 0 Å². The van der Waals surface area contributed by atoms with Gasteiger partial charge in [0.1, 0.15) is 18.9 Å². The third-order valence-electron chi connectivity index (χ3n) is 4.49. The van der Waals surface area contributed by atoms with E-state index < -0.39 is 51.5 Å². The highest BCUT2D eigenvalue weighted by molar-refractivity contribution is 14.1. The Morgan fingerprint density at radius 3 is 2.41 bits per heavy atom. The highest BCUT2D eigenvalue weighted by Crippen LogP contribution is 2.38. The lowest BCUT2D eigenvalue weighted by Gasteiger charge is -2.48. The summed E-state index contributed by atoms with van der Waals surface area (Å²) in [4.78, 5) is 37.2. The highest BCUT2D eigenvalue weighted by Gasteiger charge is 2.60. The molecule has 156 valence electrons. The van der Waals surface area contributed by atoms with Crippen molar-refractivity contribution >= 4 is 50.3 Å². The van der Waals surface area contributed by atoms with Crippen molar-refractivity contribution in [3.8, 4) is 0 Å². The molecule has 2 aliphatic heterocycles. The van der Waals surface area contributed by atoms with E-state index in [2.05, 4.69) is 22.6 Å². The first kappa shape index (κ1) is 21.7. The quantitative estimate of drug-likeness (QED) is 0.298. The maximum atomic E-state index is 12.8. The molecule has 0 unspecified atom stereocenters. The van der Waals surface area contributed by atoms with Gasteiger partial charge in [-0.05, 0) is 40.3 Å². The molecular weight excluding hydrogens is 517 g/mol. The number of hydrogen-bond acceptors (Lipinski definition) is 8. The molecule has 0 bridgehead atoms. The molecule has 0 saturated carbocycles. The molecule has 1 aromatic rings. The van der Waals surface area contributed by atoms with Gasteiger partial charge in [0.15, 0.2) is 21.3 Å². The van der Waals surface area contributed by atoms with Crippen molar-refractivity contribution in [1.82, 2.24) is 4.90 Å². The van der Waals surface area contributed by atoms with E-state index in [0.717, 1.165) is 21.0 Å². The topological polar surface area (TPSA) is 116 Å². The summed E-state index contributed by atoms with van der Waals surface area (Å²) < 4.78 is 41.4. The normalized spacial score (nSPS) is 22.6. The van der Waals surface area contributed by atoms with Crippen molar-refractivity contribution in [3.63, 3.8) is 0 Å². The average molecular weight is 535 g/mol. The lowest BCUT2D eigenvalue weighted by atomic mass is 10.1. The summed E-state index contributed by atoms with van der Waals surface area (Å²) in [5.74, 6) is -2.72. The third-order valence-corrected chi connectivity index (χ3v) is 7.16. The van der Waals surface area contributed by atoms with Gasteiger partial charge < -0.3 is 14.2 Å². The summed E-state index contributed by atoms with van der Waals surface area (Å²) in [5, 5.41) is -1.30. The van der Waals surface area contributed by atoms with E-state index in [1.807, 2.05) is 12.1 Å². The molecule has 0 N–H and O–H groups in total. The second-order valence-corrected chi connectivity index (χ2v) is 9.84. The molecule has 0 spiro atoms. The van der Waals surface area contributed by atoms with Crippen molar-refractivity contribution in [2.75, 3.05) is 19.5 Å². The summed E-state index contributed by atoms with van der Waals surface area (Å²) in [7, 11) is -2.61. The van der Waals surface area contributed by atoms with E-state index in [9.17, 15) is 22.8 Å². The molecule has 3 rings (SSSR count). The van der Waals surface area contributed by atoms with Crippen LogP contribution in [0.15, 0.2) is 35.5 Å². The number of rotatable bonds is 6. The predicted molar refractivity (Wildman–Crippen MR) is 108 cm³/mol. The van der Waals surface area contributed by atoms with Crippen LogP contribution in [0, 0.1) is 3.57 Å². The van der Waals surface area contributed by atoms with Gasteiger partial charge in [0, 0.05) is 23.2 Å². The minimum atomic E-state index is -3.83. The number of nitrogens with zero attached hydrogens (tertiary/aromatic N) is 1. The second-order valence-electron chi connectivity index (χ2n) is 6.50. The van der Waals surface area contributed by atoms with E-state index in [4.69, 9.17) is 14.2 Å². The Kier molecular flexibility index (Phi) is 6.29. The number of sulfone groups is 1. The number of benzene rings is 1. The maximum absolute atomic E-state index is 12.8. The second kappa shape index (κ2) is 8.40. The molecule has 2 heterocycles. The molecule has 0 radical (unpaired) electrons. The van der Waals surface area contributed by atoms with Crippen molar-refractivity contribution in [3.05, 3.63) is 44.7 Å². The number of halogens is 1. The lowest BCUT2D eigenvalue weighted by Crippen LogP contribution is -2.70. The first-order valence-electron chi connectivity index (χ1n) is 8.50. The van der Waals surface area contributed by atoms with Gasteiger partial charge in [-0.3, -0.25) is 14.5 Å². The van der Waals surface area contributed by atoms with Crippen LogP contribution in [0.5, 0.6) is 0 Å². The first-order valence-corrected chi connectivity index (χ1v) is 11.3. The van der Waals surface area contributed by atoms with Crippen molar-refractivity contribution in [1.29, 1.82) is 0 Å². The van der Waals surface area contributed by atoms with Gasteiger partial charge in [-0.25, -0.2) is 13.2 Å². The summed E-state index contributed by atoms with van der Waals surface area (Å²) in [6.07, 6.45) is -1.19. The fraction of sp³-hybridized carbons (Fsp3) is 0.389. The zero-order valence-electron chi connectivity index (χ0n) is 15.6. The van der Waals surface area contributed by atoms with Crippen LogP contribution in [0.25, 0.3) is 0 Å². The molecule has 1 aromatic carbocycles. The van der Waals surface area contributed by atoms with E-state index in [1.165, 1.54) is 7.11 Å². The Bertz CT molecular complexity index is 986. The van der Waals surface area contributed by atoms with Gasteiger partial charge in [0.05, 0.1) is 5.75 Å². The monoisotopic (exact) mass is 535 g/mol. The number of carbonyl (C=O) groups excluding carboxylic acids is 3. The fourth-order valence-electron chi connectivity index (χ4n) is 3.15. The molecule has 1 fully saturated rings.